The van der Waals surface area contributed by atoms with Gasteiger partial charge in [0.2, 0.25) is 0 Å². The summed E-state index contributed by atoms with van der Waals surface area (Å²) in [6.45, 7) is 1.10. The molecule has 1 aliphatic carbocycles. The number of carbonyl (C=O) groups is 1. The Bertz CT molecular complexity index is 974. The largest absolute Gasteiger partial charge is 0.503 e. The normalized spacial score (nSPS) is 18.8. The van der Waals surface area contributed by atoms with Crippen LogP contribution in [0.25, 0.3) is 0 Å². The van der Waals surface area contributed by atoms with Crippen LogP contribution in [0.2, 0.25) is 0 Å². The highest BCUT2D eigenvalue weighted by molar-refractivity contribution is 5.92. The number of hydrogen-bond acceptors (Lipinski definition) is 5. The predicted octanol–water partition coefficient (Wildman–Crippen LogP) is 2.14. The van der Waals surface area contributed by atoms with Crippen molar-refractivity contribution in [3.63, 3.8) is 0 Å². The lowest BCUT2D eigenvalue weighted by atomic mass is 9.78. The van der Waals surface area contributed by atoms with E-state index < -0.39 is 17.1 Å². The van der Waals surface area contributed by atoms with E-state index in [1.807, 2.05) is 18.2 Å². The number of benzene rings is 1. The third kappa shape index (κ3) is 3.52. The molecule has 1 aromatic carbocycles. The van der Waals surface area contributed by atoms with Gasteiger partial charge in [0, 0.05) is 12.0 Å². The standard InChI is InChI=1S/C21H23N3O4/c25-17-13-24-14-21(8-1-2-9-21)15-6-5-7-16(12-15)28-11-4-3-10-22-20(27)18(23-24)19(17)26/h3-7,12-13,25H,1-2,8-11,14H2,(H,22,27). The van der Waals surface area contributed by atoms with E-state index in [0.29, 0.717) is 13.2 Å². The molecule has 7 heteroatoms. The number of amides is 1. The Kier molecular flexibility index (Phi) is 4.90. The van der Waals surface area contributed by atoms with Crippen molar-refractivity contribution in [2.75, 3.05) is 13.2 Å². The van der Waals surface area contributed by atoms with Crippen molar-refractivity contribution in [3.8, 4) is 11.5 Å². The van der Waals surface area contributed by atoms with Gasteiger partial charge in [-0.3, -0.25) is 14.3 Å². The molecule has 1 spiro atoms. The smallest absolute Gasteiger partial charge is 0.276 e. The lowest BCUT2D eigenvalue weighted by Gasteiger charge is -2.30. The van der Waals surface area contributed by atoms with Crippen LogP contribution in [-0.2, 0) is 12.0 Å². The topological polar surface area (TPSA) is 93.5 Å². The lowest BCUT2D eigenvalue weighted by molar-refractivity contribution is 0.0948. The molecule has 7 nitrogen and oxygen atoms in total. The zero-order chi connectivity index (χ0) is 19.6. The number of nitrogens with one attached hydrogen (secondary N) is 1. The van der Waals surface area contributed by atoms with Gasteiger partial charge in [-0.2, -0.15) is 5.10 Å². The zero-order valence-electron chi connectivity index (χ0n) is 15.6. The first-order chi connectivity index (χ1) is 13.6. The van der Waals surface area contributed by atoms with Crippen LogP contribution >= 0.6 is 0 Å². The minimum atomic E-state index is -0.757. The second-order valence-electron chi connectivity index (χ2n) is 7.40. The summed E-state index contributed by atoms with van der Waals surface area (Å²) < 4.78 is 7.35. The van der Waals surface area contributed by atoms with E-state index in [-0.39, 0.29) is 17.7 Å². The highest BCUT2D eigenvalue weighted by Gasteiger charge is 2.37. The Morgan fingerprint density at radius 2 is 2.00 bits per heavy atom. The predicted molar refractivity (Wildman–Crippen MR) is 104 cm³/mol. The average molecular weight is 381 g/mol. The third-order valence-electron chi connectivity index (χ3n) is 5.53. The van der Waals surface area contributed by atoms with Gasteiger partial charge in [-0.15, -0.1) is 0 Å². The molecule has 0 radical (unpaired) electrons. The van der Waals surface area contributed by atoms with Crippen LogP contribution in [0.15, 0.2) is 47.4 Å². The van der Waals surface area contributed by atoms with Crippen LogP contribution in [-0.4, -0.2) is 33.9 Å². The van der Waals surface area contributed by atoms with E-state index in [4.69, 9.17) is 4.74 Å². The highest BCUT2D eigenvalue weighted by Crippen LogP contribution is 2.43. The first-order valence-electron chi connectivity index (χ1n) is 9.55. The monoisotopic (exact) mass is 381 g/mol. The van der Waals surface area contributed by atoms with Gasteiger partial charge in [-0.1, -0.05) is 31.1 Å². The summed E-state index contributed by atoms with van der Waals surface area (Å²) in [7, 11) is 0. The number of rotatable bonds is 0. The van der Waals surface area contributed by atoms with Crippen LogP contribution in [0.3, 0.4) is 0 Å². The van der Waals surface area contributed by atoms with E-state index >= 15 is 0 Å². The molecule has 1 fully saturated rings. The summed E-state index contributed by atoms with van der Waals surface area (Å²) in [4.78, 5) is 24.6. The van der Waals surface area contributed by atoms with Gasteiger partial charge >= 0.3 is 0 Å². The number of aromatic nitrogens is 2. The molecule has 1 saturated carbocycles. The Morgan fingerprint density at radius 1 is 1.18 bits per heavy atom. The van der Waals surface area contributed by atoms with Crippen LogP contribution in [0.1, 0.15) is 41.7 Å². The molecule has 2 N–H and O–H groups in total. The summed E-state index contributed by atoms with van der Waals surface area (Å²) >= 11 is 0. The van der Waals surface area contributed by atoms with Crippen LogP contribution < -0.4 is 15.5 Å². The van der Waals surface area contributed by atoms with Crippen molar-refractivity contribution in [1.29, 1.82) is 0 Å². The molecule has 1 aliphatic heterocycles. The minimum Gasteiger partial charge on any atom is -0.503 e. The lowest BCUT2D eigenvalue weighted by Crippen LogP contribution is -2.34. The molecule has 4 rings (SSSR count). The van der Waals surface area contributed by atoms with Crippen molar-refractivity contribution in [3.05, 3.63) is 64.1 Å². The number of aromatic hydroxyl groups is 1. The fourth-order valence-corrected chi connectivity index (χ4v) is 4.10. The summed E-state index contributed by atoms with van der Waals surface area (Å²) in [6.07, 6.45) is 8.99. The quantitative estimate of drug-likeness (QED) is 0.682. The van der Waals surface area contributed by atoms with Crippen LogP contribution in [0, 0.1) is 0 Å². The maximum absolute atomic E-state index is 12.4. The Labute approximate surface area is 162 Å². The van der Waals surface area contributed by atoms with E-state index in [9.17, 15) is 14.7 Å². The molecular formula is C21H23N3O4. The molecule has 1 amide bonds. The SMILES string of the molecule is O=C1NCC=CCOc2cccc(c2)C2(CCCC2)Cn2cc(O)c(=O)c1n2. The van der Waals surface area contributed by atoms with E-state index in [1.165, 1.54) is 10.9 Å². The van der Waals surface area contributed by atoms with Gasteiger partial charge in [0.05, 0.1) is 12.7 Å². The van der Waals surface area contributed by atoms with Crippen LogP contribution in [0.4, 0.5) is 0 Å². The van der Waals surface area contributed by atoms with E-state index in [2.05, 4.69) is 22.5 Å². The molecule has 0 atom stereocenters. The zero-order valence-corrected chi connectivity index (χ0v) is 15.6. The van der Waals surface area contributed by atoms with Gasteiger partial charge in [0.25, 0.3) is 11.3 Å². The third-order valence-corrected chi connectivity index (χ3v) is 5.53. The number of hydrogen-bond donors (Lipinski definition) is 2. The molecule has 0 unspecified atom stereocenters. The van der Waals surface area contributed by atoms with Crippen molar-refractivity contribution >= 4 is 5.91 Å². The van der Waals surface area contributed by atoms with E-state index in [0.717, 1.165) is 37.0 Å². The fourth-order valence-electron chi connectivity index (χ4n) is 4.10. The number of nitrogens with zero attached hydrogens (tertiary/aromatic N) is 2. The molecule has 146 valence electrons. The first kappa shape index (κ1) is 18.3. The fraction of sp³-hybridized carbons (Fsp3) is 0.381. The number of fused-ring (bicyclic) bond motifs is 5. The number of ether oxygens (including phenoxy) is 1. The summed E-state index contributed by atoms with van der Waals surface area (Å²) in [5.74, 6) is -0.273. The Hall–Kier alpha value is -3.09. The van der Waals surface area contributed by atoms with Crippen molar-refractivity contribution in [2.24, 2.45) is 0 Å². The highest BCUT2D eigenvalue weighted by atomic mass is 16.5. The molecular weight excluding hydrogens is 358 g/mol. The molecule has 2 aliphatic rings. The molecule has 2 heterocycles. The maximum atomic E-state index is 12.4. The van der Waals surface area contributed by atoms with Crippen molar-refractivity contribution in [2.45, 2.75) is 37.6 Å². The molecule has 28 heavy (non-hydrogen) atoms. The van der Waals surface area contributed by atoms with E-state index in [1.54, 1.807) is 6.08 Å². The molecule has 2 aromatic rings. The number of carbonyl (C=O) groups excluding carboxylic acids is 1. The second-order valence-corrected chi connectivity index (χ2v) is 7.40. The Balaban J connectivity index is 1.82. The first-order valence-corrected chi connectivity index (χ1v) is 9.55. The maximum Gasteiger partial charge on any atom is 0.276 e. The molecule has 4 bridgehead atoms. The van der Waals surface area contributed by atoms with Crippen molar-refractivity contribution < 1.29 is 14.6 Å². The Morgan fingerprint density at radius 3 is 2.82 bits per heavy atom. The van der Waals surface area contributed by atoms with Gasteiger partial charge in [-0.05, 0) is 36.6 Å². The molecule has 1 aromatic heterocycles. The summed E-state index contributed by atoms with van der Waals surface area (Å²) in [5, 5.41) is 17.0. The molecule has 0 saturated heterocycles. The van der Waals surface area contributed by atoms with Gasteiger partial charge in [0.1, 0.15) is 12.4 Å². The van der Waals surface area contributed by atoms with Gasteiger partial charge in [0.15, 0.2) is 11.4 Å². The average Bonchev–Trinajstić information content (AvgIpc) is 3.16. The van der Waals surface area contributed by atoms with Gasteiger partial charge < -0.3 is 15.2 Å². The summed E-state index contributed by atoms with van der Waals surface area (Å²) in [6, 6.07) is 8.06. The second kappa shape index (κ2) is 7.50. The van der Waals surface area contributed by atoms with Crippen molar-refractivity contribution in [1.82, 2.24) is 15.1 Å². The van der Waals surface area contributed by atoms with Gasteiger partial charge in [-0.25, -0.2) is 0 Å². The van der Waals surface area contributed by atoms with Crippen LogP contribution in [0.5, 0.6) is 11.5 Å². The summed E-state index contributed by atoms with van der Waals surface area (Å²) in [5.41, 5.74) is -0.0842. The minimum absolute atomic E-state index is 0.183.